The highest BCUT2D eigenvalue weighted by Crippen LogP contribution is 2.68. The summed E-state index contributed by atoms with van der Waals surface area (Å²) < 4.78 is 0. The Kier molecular flexibility index (Phi) is 6.32. The minimum absolute atomic E-state index is 0.0795. The van der Waals surface area contributed by atoms with Crippen LogP contribution in [0.2, 0.25) is 0 Å². The van der Waals surface area contributed by atoms with Gasteiger partial charge < -0.3 is 10.2 Å². The molecule has 0 amide bonds. The number of aliphatic hydroxyl groups excluding tert-OH is 2. The summed E-state index contributed by atoms with van der Waals surface area (Å²) in [6.45, 7) is 14.4. The molecule has 0 radical (unpaired) electrons. The summed E-state index contributed by atoms with van der Waals surface area (Å²) in [4.78, 5) is 0. The van der Waals surface area contributed by atoms with E-state index in [2.05, 4.69) is 53.7 Å². The average molecular weight is 429 g/mol. The van der Waals surface area contributed by atoms with Gasteiger partial charge in [0.25, 0.3) is 0 Å². The maximum Gasteiger partial charge on any atom is 0.0628 e. The predicted molar refractivity (Wildman–Crippen MR) is 130 cm³/mol. The van der Waals surface area contributed by atoms with Gasteiger partial charge in [0.2, 0.25) is 0 Å². The molecule has 2 N–H and O–H groups in total. The summed E-state index contributed by atoms with van der Waals surface area (Å²) in [6, 6.07) is 0. The average Bonchev–Trinajstić information content (AvgIpc) is 3.05. The number of fused-ring (bicyclic) bond motifs is 5. The molecule has 8 atom stereocenters. The van der Waals surface area contributed by atoms with Gasteiger partial charge in [-0.05, 0) is 112 Å². The van der Waals surface area contributed by atoms with Crippen LogP contribution >= 0.6 is 0 Å². The van der Waals surface area contributed by atoms with Crippen LogP contribution in [-0.4, -0.2) is 22.9 Å². The van der Waals surface area contributed by atoms with Crippen LogP contribution < -0.4 is 0 Å². The van der Waals surface area contributed by atoms with Crippen molar-refractivity contribution in [2.45, 2.75) is 105 Å². The molecule has 0 aromatic carbocycles. The molecular weight excluding hydrogens is 380 g/mol. The minimum atomic E-state index is -0.195. The second-order valence-electron chi connectivity index (χ2n) is 13.0. The highest BCUT2D eigenvalue weighted by molar-refractivity contribution is 5.31. The lowest BCUT2D eigenvalue weighted by atomic mass is 9.44. The van der Waals surface area contributed by atoms with Crippen molar-refractivity contribution < 1.29 is 10.2 Å². The summed E-state index contributed by atoms with van der Waals surface area (Å²) >= 11 is 0. The van der Waals surface area contributed by atoms with E-state index in [0.29, 0.717) is 23.9 Å². The van der Waals surface area contributed by atoms with E-state index in [0.717, 1.165) is 43.4 Å². The van der Waals surface area contributed by atoms with Gasteiger partial charge in [0.15, 0.2) is 0 Å². The molecule has 0 spiro atoms. The molecule has 0 saturated heterocycles. The monoisotopic (exact) mass is 428 g/mol. The molecule has 4 aliphatic carbocycles. The molecule has 0 heterocycles. The first-order valence-corrected chi connectivity index (χ1v) is 13.2. The highest BCUT2D eigenvalue weighted by Gasteiger charge is 2.61. The van der Waals surface area contributed by atoms with Crippen LogP contribution in [0.1, 0.15) is 99.3 Å². The Bertz CT molecular complexity index is 729. The first-order valence-electron chi connectivity index (χ1n) is 13.2. The van der Waals surface area contributed by atoms with Crippen molar-refractivity contribution in [3.8, 4) is 0 Å². The molecule has 176 valence electrons. The van der Waals surface area contributed by atoms with Crippen LogP contribution in [0.4, 0.5) is 0 Å². The Morgan fingerprint density at radius 2 is 1.81 bits per heavy atom. The van der Waals surface area contributed by atoms with Crippen molar-refractivity contribution >= 4 is 0 Å². The fourth-order valence-corrected chi connectivity index (χ4v) is 9.21. The van der Waals surface area contributed by atoms with E-state index in [1.165, 1.54) is 37.7 Å². The van der Waals surface area contributed by atoms with Crippen molar-refractivity contribution in [1.82, 2.24) is 0 Å². The second-order valence-corrected chi connectivity index (χ2v) is 13.0. The molecule has 4 rings (SSSR count). The molecular formula is C29H48O2. The van der Waals surface area contributed by atoms with Crippen molar-refractivity contribution in [3.05, 3.63) is 23.3 Å². The molecule has 4 aliphatic rings. The zero-order chi connectivity index (χ0) is 22.6. The summed E-state index contributed by atoms with van der Waals surface area (Å²) in [5.74, 6) is 3.50. The maximum atomic E-state index is 10.7. The smallest absolute Gasteiger partial charge is 0.0628 e. The van der Waals surface area contributed by atoms with Crippen LogP contribution in [0, 0.1) is 45.8 Å². The third-order valence-electron chi connectivity index (χ3n) is 10.9. The first-order chi connectivity index (χ1) is 14.6. The van der Waals surface area contributed by atoms with Crippen LogP contribution in [0.15, 0.2) is 23.3 Å². The molecule has 1 unspecified atom stereocenters. The molecule has 0 bridgehead atoms. The van der Waals surface area contributed by atoms with Crippen LogP contribution in [-0.2, 0) is 0 Å². The zero-order valence-corrected chi connectivity index (χ0v) is 21.1. The molecule has 31 heavy (non-hydrogen) atoms. The number of hydrogen-bond donors (Lipinski definition) is 2. The summed E-state index contributed by atoms with van der Waals surface area (Å²) in [5.41, 5.74) is 3.54. The van der Waals surface area contributed by atoms with Crippen LogP contribution in [0.5, 0.6) is 0 Å². The van der Waals surface area contributed by atoms with Gasteiger partial charge in [-0.25, -0.2) is 0 Å². The Morgan fingerprint density at radius 3 is 2.48 bits per heavy atom. The number of rotatable bonds is 5. The fourth-order valence-electron chi connectivity index (χ4n) is 9.21. The van der Waals surface area contributed by atoms with Crippen LogP contribution in [0.25, 0.3) is 0 Å². The summed E-state index contributed by atoms with van der Waals surface area (Å²) in [7, 11) is 0. The van der Waals surface area contributed by atoms with Gasteiger partial charge in [-0.2, -0.15) is 0 Å². The second kappa shape index (κ2) is 8.32. The number of aliphatic hydroxyl groups is 2. The Balaban J connectivity index is 1.57. The predicted octanol–water partition coefficient (Wildman–Crippen LogP) is 6.92. The van der Waals surface area contributed by atoms with Crippen molar-refractivity contribution in [2.24, 2.45) is 45.8 Å². The molecule has 3 fully saturated rings. The third kappa shape index (κ3) is 3.68. The molecule has 0 aromatic rings. The van der Waals surface area contributed by atoms with Gasteiger partial charge in [-0.15, -0.1) is 0 Å². The Hall–Kier alpha value is -0.600. The Labute approximate surface area is 191 Å². The van der Waals surface area contributed by atoms with Crippen LogP contribution in [0.3, 0.4) is 0 Å². The van der Waals surface area contributed by atoms with E-state index in [4.69, 9.17) is 0 Å². The lowest BCUT2D eigenvalue weighted by molar-refractivity contribution is -0.0810. The molecule has 2 heteroatoms. The van der Waals surface area contributed by atoms with Gasteiger partial charge in [-0.3, -0.25) is 0 Å². The highest BCUT2D eigenvalue weighted by atomic mass is 16.3. The lowest BCUT2D eigenvalue weighted by Gasteiger charge is -2.61. The summed E-state index contributed by atoms with van der Waals surface area (Å²) in [5, 5.41) is 21.0. The SMILES string of the molecule is CC(C)=CCC[C@@H](CO)[C@H]1CC[C@H]2[C@@H]3CC=C4C(C)(C)C(O)CC[C@]4(C)[C@H]3CC[C@]12C. The molecule has 0 aliphatic heterocycles. The van der Waals surface area contributed by atoms with E-state index in [1.54, 1.807) is 5.57 Å². The largest absolute Gasteiger partial charge is 0.396 e. The van der Waals surface area contributed by atoms with E-state index >= 15 is 0 Å². The molecule has 2 nitrogen and oxygen atoms in total. The van der Waals surface area contributed by atoms with Gasteiger partial charge in [-0.1, -0.05) is 51.0 Å². The van der Waals surface area contributed by atoms with Gasteiger partial charge in [0.1, 0.15) is 0 Å². The van der Waals surface area contributed by atoms with Gasteiger partial charge >= 0.3 is 0 Å². The maximum absolute atomic E-state index is 10.7. The number of hydrogen-bond acceptors (Lipinski definition) is 2. The van der Waals surface area contributed by atoms with Crippen molar-refractivity contribution in [1.29, 1.82) is 0 Å². The molecule has 0 aromatic heterocycles. The standard InChI is InChI=1S/C29H48O2/c1-19(2)8-7-9-20(18-30)22-11-12-23-21-10-13-25-27(3,4)26(31)15-17-29(25,6)24(21)14-16-28(22,23)5/h8,13,20-24,26,30-31H,7,9-12,14-18H2,1-6H3/t20-,21-,22+,23-,24-,26?,28+,29+/m0/s1. The van der Waals surface area contributed by atoms with Crippen molar-refractivity contribution in [3.63, 3.8) is 0 Å². The molecule has 3 saturated carbocycles. The third-order valence-corrected chi connectivity index (χ3v) is 10.9. The zero-order valence-electron chi connectivity index (χ0n) is 21.1. The van der Waals surface area contributed by atoms with E-state index in [-0.39, 0.29) is 16.9 Å². The van der Waals surface area contributed by atoms with Crippen molar-refractivity contribution in [2.75, 3.05) is 6.61 Å². The quantitative estimate of drug-likeness (QED) is 0.467. The minimum Gasteiger partial charge on any atom is -0.396 e. The van der Waals surface area contributed by atoms with E-state index in [1.807, 2.05) is 0 Å². The lowest BCUT2D eigenvalue weighted by Crippen LogP contribution is -2.54. The Morgan fingerprint density at radius 1 is 1.06 bits per heavy atom. The summed E-state index contributed by atoms with van der Waals surface area (Å²) in [6.07, 6.45) is 15.6. The first kappa shape index (κ1) is 23.6. The van der Waals surface area contributed by atoms with Gasteiger partial charge in [0, 0.05) is 12.0 Å². The van der Waals surface area contributed by atoms with Gasteiger partial charge in [0.05, 0.1) is 6.10 Å². The topological polar surface area (TPSA) is 40.5 Å². The number of allylic oxidation sites excluding steroid dienone is 3. The van der Waals surface area contributed by atoms with E-state index < -0.39 is 0 Å². The fraction of sp³-hybridized carbons (Fsp3) is 0.862. The normalized spacial score (nSPS) is 44.5. The van der Waals surface area contributed by atoms with E-state index in [9.17, 15) is 10.2 Å².